The molecule has 0 spiro atoms. The number of hydrogen-bond acceptors (Lipinski definition) is 5. The standard InChI is InChI=1S/C17H24N6O/c1-13-19-20-15-11-21(7-8-23(13)15)14-9-22(10-14)16(24)17(12-18)5-3-2-4-6-17/h14H,2-11H2,1H3. The Labute approximate surface area is 142 Å². The number of fused-ring (bicyclic) bond motifs is 1. The number of carbonyl (C=O) groups is 1. The van der Waals surface area contributed by atoms with Gasteiger partial charge in [-0.2, -0.15) is 5.26 Å². The molecule has 2 aliphatic heterocycles. The molecule has 0 bridgehead atoms. The number of nitrogens with zero attached hydrogens (tertiary/aromatic N) is 6. The molecule has 0 atom stereocenters. The summed E-state index contributed by atoms with van der Waals surface area (Å²) < 4.78 is 2.17. The van der Waals surface area contributed by atoms with Crippen LogP contribution in [0.4, 0.5) is 0 Å². The summed E-state index contributed by atoms with van der Waals surface area (Å²) in [7, 11) is 0. The second-order valence-electron chi connectivity index (χ2n) is 7.40. The van der Waals surface area contributed by atoms with E-state index in [1.165, 1.54) is 0 Å². The number of aryl methyl sites for hydroxylation is 1. The van der Waals surface area contributed by atoms with Crippen molar-refractivity contribution in [3.05, 3.63) is 11.6 Å². The van der Waals surface area contributed by atoms with E-state index in [1.807, 2.05) is 11.8 Å². The van der Waals surface area contributed by atoms with Crippen molar-refractivity contribution in [3.8, 4) is 6.07 Å². The molecule has 1 aromatic rings. The van der Waals surface area contributed by atoms with Crippen LogP contribution in [0.15, 0.2) is 0 Å². The number of nitriles is 1. The van der Waals surface area contributed by atoms with Crippen molar-refractivity contribution in [3.63, 3.8) is 0 Å². The second kappa shape index (κ2) is 5.85. The van der Waals surface area contributed by atoms with Crippen molar-refractivity contribution < 1.29 is 4.79 Å². The van der Waals surface area contributed by atoms with E-state index in [-0.39, 0.29) is 5.91 Å². The summed E-state index contributed by atoms with van der Waals surface area (Å²) >= 11 is 0. The zero-order valence-electron chi connectivity index (χ0n) is 14.2. The van der Waals surface area contributed by atoms with E-state index in [0.29, 0.717) is 6.04 Å². The predicted octanol–water partition coefficient (Wildman–Crippen LogP) is 1.09. The van der Waals surface area contributed by atoms with Gasteiger partial charge >= 0.3 is 0 Å². The van der Waals surface area contributed by atoms with Gasteiger partial charge in [0.25, 0.3) is 0 Å². The van der Waals surface area contributed by atoms with Crippen molar-refractivity contribution in [1.29, 1.82) is 5.26 Å². The molecule has 1 aromatic heterocycles. The smallest absolute Gasteiger partial charge is 0.243 e. The van der Waals surface area contributed by atoms with Gasteiger partial charge in [-0.15, -0.1) is 10.2 Å². The molecule has 24 heavy (non-hydrogen) atoms. The Morgan fingerprint density at radius 2 is 1.96 bits per heavy atom. The number of carbonyl (C=O) groups excluding carboxylic acids is 1. The van der Waals surface area contributed by atoms with E-state index in [2.05, 4.69) is 25.7 Å². The molecule has 1 saturated carbocycles. The molecule has 7 nitrogen and oxygen atoms in total. The molecular formula is C17H24N6O. The summed E-state index contributed by atoms with van der Waals surface area (Å²) in [5.74, 6) is 2.06. The van der Waals surface area contributed by atoms with Crippen LogP contribution in [0.5, 0.6) is 0 Å². The summed E-state index contributed by atoms with van der Waals surface area (Å²) in [6.07, 6.45) is 4.60. The molecule has 4 rings (SSSR count). The summed E-state index contributed by atoms with van der Waals surface area (Å²) in [5.41, 5.74) is -0.748. The lowest BCUT2D eigenvalue weighted by atomic mass is 9.73. The highest BCUT2D eigenvalue weighted by atomic mass is 16.2. The summed E-state index contributed by atoms with van der Waals surface area (Å²) in [6.45, 7) is 6.17. The molecule has 0 aromatic carbocycles. The van der Waals surface area contributed by atoms with E-state index in [1.54, 1.807) is 0 Å². The largest absolute Gasteiger partial charge is 0.338 e. The zero-order valence-corrected chi connectivity index (χ0v) is 14.2. The Balaban J connectivity index is 1.37. The van der Waals surface area contributed by atoms with Gasteiger partial charge in [-0.25, -0.2) is 0 Å². The van der Waals surface area contributed by atoms with Crippen LogP contribution in [0.3, 0.4) is 0 Å². The second-order valence-corrected chi connectivity index (χ2v) is 7.40. The molecule has 1 saturated heterocycles. The summed E-state index contributed by atoms with van der Waals surface area (Å²) in [4.78, 5) is 17.1. The first-order chi connectivity index (χ1) is 11.6. The van der Waals surface area contributed by atoms with Crippen LogP contribution in [0.2, 0.25) is 0 Å². The SMILES string of the molecule is Cc1nnc2n1CCN(C1CN(C(=O)C3(C#N)CCCCC3)C1)C2. The molecule has 0 N–H and O–H groups in total. The maximum Gasteiger partial charge on any atom is 0.243 e. The third kappa shape index (κ3) is 2.40. The topological polar surface area (TPSA) is 78.1 Å². The Bertz CT molecular complexity index is 678. The molecule has 7 heteroatoms. The lowest BCUT2D eigenvalue weighted by Gasteiger charge is -2.48. The normalized spacial score (nSPS) is 24.1. The van der Waals surface area contributed by atoms with Gasteiger partial charge in [0.1, 0.15) is 17.1 Å². The average molecular weight is 328 g/mol. The minimum Gasteiger partial charge on any atom is -0.338 e. The van der Waals surface area contributed by atoms with E-state index >= 15 is 0 Å². The molecule has 1 amide bonds. The third-order valence-corrected chi connectivity index (χ3v) is 5.96. The van der Waals surface area contributed by atoms with Crippen molar-refractivity contribution in [1.82, 2.24) is 24.6 Å². The van der Waals surface area contributed by atoms with Gasteiger partial charge in [0, 0.05) is 32.2 Å². The molecule has 2 fully saturated rings. The first kappa shape index (κ1) is 15.6. The van der Waals surface area contributed by atoms with E-state index < -0.39 is 5.41 Å². The fraction of sp³-hybridized carbons (Fsp3) is 0.765. The number of rotatable bonds is 2. The molecule has 1 aliphatic carbocycles. The number of hydrogen-bond donors (Lipinski definition) is 0. The van der Waals surface area contributed by atoms with Gasteiger partial charge in [-0.3, -0.25) is 9.69 Å². The number of amides is 1. The van der Waals surface area contributed by atoms with Crippen molar-refractivity contribution in [2.24, 2.45) is 5.41 Å². The molecule has 3 heterocycles. The van der Waals surface area contributed by atoms with Gasteiger partial charge in [0.2, 0.25) is 5.91 Å². The fourth-order valence-corrected chi connectivity index (χ4v) is 4.32. The van der Waals surface area contributed by atoms with Gasteiger partial charge in [0.15, 0.2) is 0 Å². The molecule has 3 aliphatic rings. The third-order valence-electron chi connectivity index (χ3n) is 5.96. The highest BCUT2D eigenvalue weighted by Gasteiger charge is 2.47. The van der Waals surface area contributed by atoms with Crippen LogP contribution >= 0.6 is 0 Å². The number of aromatic nitrogens is 3. The van der Waals surface area contributed by atoms with Crippen LogP contribution in [-0.2, 0) is 17.9 Å². The lowest BCUT2D eigenvalue weighted by Crippen LogP contribution is -2.64. The quantitative estimate of drug-likeness (QED) is 0.812. The Morgan fingerprint density at radius 1 is 1.21 bits per heavy atom. The Morgan fingerprint density at radius 3 is 2.67 bits per heavy atom. The van der Waals surface area contributed by atoms with Crippen LogP contribution in [0, 0.1) is 23.7 Å². The molecule has 0 unspecified atom stereocenters. The van der Waals surface area contributed by atoms with Crippen LogP contribution in [0.25, 0.3) is 0 Å². The highest BCUT2D eigenvalue weighted by molar-refractivity contribution is 5.86. The van der Waals surface area contributed by atoms with E-state index in [4.69, 9.17) is 0 Å². The number of likely N-dealkylation sites (tertiary alicyclic amines) is 1. The summed E-state index contributed by atoms with van der Waals surface area (Å²) in [6, 6.07) is 2.74. The molecular weight excluding hydrogens is 304 g/mol. The molecule has 128 valence electrons. The highest BCUT2D eigenvalue weighted by Crippen LogP contribution is 2.38. The van der Waals surface area contributed by atoms with Crippen LogP contribution in [-0.4, -0.2) is 56.1 Å². The van der Waals surface area contributed by atoms with Gasteiger partial charge < -0.3 is 9.47 Å². The lowest BCUT2D eigenvalue weighted by molar-refractivity contribution is -0.148. The van der Waals surface area contributed by atoms with Gasteiger partial charge in [-0.05, 0) is 19.8 Å². The van der Waals surface area contributed by atoms with Crippen LogP contribution < -0.4 is 0 Å². The summed E-state index contributed by atoms with van der Waals surface area (Å²) in [5, 5.41) is 18.0. The van der Waals surface area contributed by atoms with Crippen molar-refractivity contribution >= 4 is 5.91 Å². The monoisotopic (exact) mass is 328 g/mol. The minimum absolute atomic E-state index is 0.0666. The van der Waals surface area contributed by atoms with E-state index in [0.717, 1.165) is 76.5 Å². The van der Waals surface area contributed by atoms with Gasteiger partial charge in [-0.1, -0.05) is 19.3 Å². The maximum absolute atomic E-state index is 12.8. The molecule has 0 radical (unpaired) electrons. The first-order valence-corrected chi connectivity index (χ1v) is 8.96. The van der Waals surface area contributed by atoms with Crippen molar-refractivity contribution in [2.45, 2.75) is 58.2 Å². The first-order valence-electron chi connectivity index (χ1n) is 8.96. The van der Waals surface area contributed by atoms with E-state index in [9.17, 15) is 10.1 Å². The van der Waals surface area contributed by atoms with Crippen LogP contribution in [0.1, 0.15) is 43.8 Å². The minimum atomic E-state index is -0.748. The Hall–Kier alpha value is -1.94. The zero-order chi connectivity index (χ0) is 16.7. The average Bonchev–Trinajstić information content (AvgIpc) is 2.95. The maximum atomic E-state index is 12.8. The fourth-order valence-electron chi connectivity index (χ4n) is 4.32. The predicted molar refractivity (Wildman–Crippen MR) is 86.7 cm³/mol. The Kier molecular flexibility index (Phi) is 3.80. The van der Waals surface area contributed by atoms with Gasteiger partial charge in [0.05, 0.1) is 12.6 Å². The van der Waals surface area contributed by atoms with Crippen molar-refractivity contribution in [2.75, 3.05) is 19.6 Å².